The number of anilines is 1. The Balaban J connectivity index is 1.76. The van der Waals surface area contributed by atoms with Crippen LogP contribution in [0, 0.1) is 0 Å². The van der Waals surface area contributed by atoms with Gasteiger partial charge in [-0.2, -0.15) is 0 Å². The Labute approximate surface area is 152 Å². The third kappa shape index (κ3) is 2.74. The highest BCUT2D eigenvalue weighted by Crippen LogP contribution is 2.43. The zero-order valence-electron chi connectivity index (χ0n) is 14.2. The molecule has 1 aliphatic heterocycles. The minimum Gasteiger partial charge on any atom is -0.490 e. The average molecular weight is 357 g/mol. The van der Waals surface area contributed by atoms with Crippen molar-refractivity contribution < 1.29 is 9.53 Å². The van der Waals surface area contributed by atoms with E-state index in [1.54, 1.807) is 6.07 Å². The molecule has 0 saturated heterocycles. The number of primary amides is 1. The van der Waals surface area contributed by atoms with Crippen molar-refractivity contribution in [3.63, 3.8) is 0 Å². The van der Waals surface area contributed by atoms with Crippen molar-refractivity contribution in [2.75, 3.05) is 25.1 Å². The number of benzene rings is 2. The van der Waals surface area contributed by atoms with E-state index in [9.17, 15) is 4.79 Å². The van der Waals surface area contributed by atoms with Crippen LogP contribution in [0.25, 0.3) is 0 Å². The number of ether oxygens (including phenoxy) is 1. The molecule has 0 fully saturated rings. The summed E-state index contributed by atoms with van der Waals surface area (Å²) in [5.74, 6) is 0.373. The monoisotopic (exact) mass is 356 g/mol. The lowest BCUT2D eigenvalue weighted by Gasteiger charge is -2.39. The van der Waals surface area contributed by atoms with Crippen LogP contribution >= 0.6 is 11.6 Å². The van der Waals surface area contributed by atoms with Crippen molar-refractivity contribution in [1.82, 2.24) is 0 Å². The molecule has 1 heterocycles. The number of likely N-dealkylation sites (N-methyl/N-ethyl adjacent to an activating group) is 1. The first-order valence-electron chi connectivity index (χ1n) is 8.55. The van der Waals surface area contributed by atoms with E-state index in [1.165, 1.54) is 11.1 Å². The summed E-state index contributed by atoms with van der Waals surface area (Å²) in [5, 5.41) is 0.785. The Bertz CT molecular complexity index is 852. The first kappa shape index (κ1) is 16.3. The van der Waals surface area contributed by atoms with Crippen molar-refractivity contribution >= 4 is 23.2 Å². The van der Waals surface area contributed by atoms with E-state index in [2.05, 4.69) is 17.0 Å². The Morgan fingerprint density at radius 2 is 2.12 bits per heavy atom. The maximum Gasteiger partial charge on any atom is 0.248 e. The maximum atomic E-state index is 11.5. The fraction of sp³-hybridized carbons (Fsp3) is 0.350. The lowest BCUT2D eigenvalue weighted by atomic mass is 9.70. The van der Waals surface area contributed by atoms with Crippen LogP contribution in [0.2, 0.25) is 5.02 Å². The molecule has 0 radical (unpaired) electrons. The summed E-state index contributed by atoms with van der Waals surface area (Å²) in [6, 6.07) is 11.6. The summed E-state index contributed by atoms with van der Waals surface area (Å²) < 4.78 is 6.21. The quantitative estimate of drug-likeness (QED) is 0.850. The topological polar surface area (TPSA) is 55.6 Å². The molecule has 2 aromatic rings. The average Bonchev–Trinajstić information content (AvgIpc) is 2.72. The van der Waals surface area contributed by atoms with E-state index < -0.39 is 5.91 Å². The number of nitrogens with two attached hydrogens (primary N) is 1. The van der Waals surface area contributed by atoms with Gasteiger partial charge in [-0.1, -0.05) is 17.7 Å². The van der Waals surface area contributed by atoms with Gasteiger partial charge in [0.15, 0.2) is 0 Å². The van der Waals surface area contributed by atoms with Crippen LogP contribution in [0.1, 0.15) is 34.3 Å². The highest BCUT2D eigenvalue weighted by molar-refractivity contribution is 6.30. The number of halogens is 1. The molecule has 5 heteroatoms. The molecule has 2 aromatic carbocycles. The fourth-order valence-corrected chi connectivity index (χ4v) is 4.44. The summed E-state index contributed by atoms with van der Waals surface area (Å²) in [6.45, 7) is 1.45. The predicted molar refractivity (Wildman–Crippen MR) is 99.8 cm³/mol. The normalized spacial score (nSPS) is 21.9. The van der Waals surface area contributed by atoms with Gasteiger partial charge in [-0.15, -0.1) is 0 Å². The van der Waals surface area contributed by atoms with Crippen molar-refractivity contribution in [3.8, 4) is 5.75 Å². The maximum absolute atomic E-state index is 11.5. The Kier molecular flexibility index (Phi) is 3.88. The van der Waals surface area contributed by atoms with Crippen molar-refractivity contribution in [1.29, 1.82) is 0 Å². The van der Waals surface area contributed by atoms with Gasteiger partial charge in [0.2, 0.25) is 5.91 Å². The van der Waals surface area contributed by atoms with Gasteiger partial charge in [0, 0.05) is 29.6 Å². The molecule has 2 aliphatic rings. The molecule has 0 saturated carbocycles. The zero-order chi connectivity index (χ0) is 17.6. The van der Waals surface area contributed by atoms with E-state index in [1.807, 2.05) is 25.2 Å². The van der Waals surface area contributed by atoms with Crippen LogP contribution in [0.3, 0.4) is 0 Å². The van der Waals surface area contributed by atoms with Gasteiger partial charge < -0.3 is 15.4 Å². The molecule has 1 aliphatic carbocycles. The van der Waals surface area contributed by atoms with Gasteiger partial charge in [0.05, 0.1) is 12.3 Å². The largest absolute Gasteiger partial charge is 0.490 e. The molecule has 4 rings (SSSR count). The number of rotatable bonds is 1. The number of carbonyl (C=O) groups is 1. The first-order chi connectivity index (χ1) is 12.0. The molecular weight excluding hydrogens is 336 g/mol. The number of nitrogens with zero attached hydrogens (tertiary/aromatic N) is 1. The molecule has 0 unspecified atom stereocenters. The van der Waals surface area contributed by atoms with Crippen LogP contribution in [0.5, 0.6) is 5.75 Å². The lowest BCUT2D eigenvalue weighted by molar-refractivity contribution is 0.100. The lowest BCUT2D eigenvalue weighted by Crippen LogP contribution is -2.44. The van der Waals surface area contributed by atoms with Crippen LogP contribution in [0.4, 0.5) is 5.69 Å². The van der Waals surface area contributed by atoms with Gasteiger partial charge in [-0.25, -0.2) is 0 Å². The van der Waals surface area contributed by atoms with E-state index in [0.29, 0.717) is 12.2 Å². The Morgan fingerprint density at radius 1 is 1.28 bits per heavy atom. The zero-order valence-corrected chi connectivity index (χ0v) is 15.0. The van der Waals surface area contributed by atoms with Gasteiger partial charge in [0.25, 0.3) is 0 Å². The number of fused-ring (bicyclic) bond motifs is 3. The van der Waals surface area contributed by atoms with E-state index in [-0.39, 0.29) is 5.41 Å². The highest BCUT2D eigenvalue weighted by atomic mass is 35.5. The molecule has 4 nitrogen and oxygen atoms in total. The van der Waals surface area contributed by atoms with E-state index in [4.69, 9.17) is 22.1 Å². The molecule has 1 amide bonds. The number of aryl methyl sites for hydroxylation is 1. The van der Waals surface area contributed by atoms with Crippen LogP contribution in [0.15, 0.2) is 36.4 Å². The summed E-state index contributed by atoms with van der Waals surface area (Å²) in [5.41, 5.74) is 9.43. The summed E-state index contributed by atoms with van der Waals surface area (Å²) in [6.07, 6.45) is 3.25. The summed E-state index contributed by atoms with van der Waals surface area (Å²) in [4.78, 5) is 13.7. The molecule has 1 spiro atoms. The van der Waals surface area contributed by atoms with Crippen LogP contribution < -0.4 is 15.4 Å². The van der Waals surface area contributed by atoms with Crippen molar-refractivity contribution in [3.05, 3.63) is 58.1 Å². The molecular formula is C20H21ClN2O2. The van der Waals surface area contributed by atoms with Crippen LogP contribution in [-0.2, 0) is 11.8 Å². The van der Waals surface area contributed by atoms with Gasteiger partial charge in [-0.05, 0) is 60.7 Å². The van der Waals surface area contributed by atoms with Gasteiger partial charge >= 0.3 is 0 Å². The van der Waals surface area contributed by atoms with E-state index in [0.717, 1.165) is 42.3 Å². The molecule has 0 bridgehead atoms. The predicted octanol–water partition coefficient (Wildman–Crippen LogP) is 3.54. The minimum atomic E-state index is -0.423. The third-order valence-corrected chi connectivity index (χ3v) is 5.67. The molecule has 2 N–H and O–H groups in total. The number of hydrogen-bond donors (Lipinski definition) is 1. The summed E-state index contributed by atoms with van der Waals surface area (Å²) >= 11 is 6.20. The van der Waals surface area contributed by atoms with Crippen molar-refractivity contribution in [2.24, 2.45) is 5.73 Å². The molecule has 25 heavy (non-hydrogen) atoms. The number of hydrogen-bond acceptors (Lipinski definition) is 3. The van der Waals surface area contributed by atoms with Crippen molar-refractivity contribution in [2.45, 2.75) is 24.7 Å². The number of carbonyl (C=O) groups excluding carboxylic acids is 1. The summed E-state index contributed by atoms with van der Waals surface area (Å²) in [7, 11) is 2.05. The van der Waals surface area contributed by atoms with E-state index >= 15 is 0 Å². The van der Waals surface area contributed by atoms with Gasteiger partial charge in [0.1, 0.15) is 5.75 Å². The fourth-order valence-electron chi connectivity index (χ4n) is 4.24. The molecule has 0 aromatic heterocycles. The third-order valence-electron chi connectivity index (χ3n) is 5.44. The Hall–Kier alpha value is -2.20. The molecule has 1 atom stereocenters. The Morgan fingerprint density at radius 3 is 2.92 bits per heavy atom. The molecule has 130 valence electrons. The second-order valence-corrected chi connectivity index (χ2v) is 7.56. The smallest absolute Gasteiger partial charge is 0.248 e. The van der Waals surface area contributed by atoms with Crippen LogP contribution in [-0.4, -0.2) is 26.1 Å². The highest BCUT2D eigenvalue weighted by Gasteiger charge is 2.40. The SMILES string of the molecule is CN1C[C@@]2(CCCc3cc(Cl)ccc32)COc2ccc(C(N)=O)cc21. The minimum absolute atomic E-state index is 0.0706. The number of amides is 1. The standard InChI is InChI=1S/C20H21ClN2O2/c1-23-11-20(8-2-3-13-9-15(21)5-6-16(13)20)12-25-18-7-4-14(19(22)24)10-17(18)23/h4-7,9-10H,2-3,8,11-12H2,1H3,(H2,22,24)/t20-/m0/s1. The second-order valence-electron chi connectivity index (χ2n) is 7.13. The first-order valence-corrected chi connectivity index (χ1v) is 8.93. The van der Waals surface area contributed by atoms with Gasteiger partial charge in [-0.3, -0.25) is 4.79 Å². The second kappa shape index (κ2) is 5.95.